The van der Waals surface area contributed by atoms with Gasteiger partial charge in [-0.1, -0.05) is 41.0 Å². The maximum atomic E-state index is 14.5. The molecule has 3 N–H and O–H groups in total. The summed E-state index contributed by atoms with van der Waals surface area (Å²) in [4.78, 5) is 41.0. The van der Waals surface area contributed by atoms with E-state index in [1.165, 1.54) is 28.0 Å². The van der Waals surface area contributed by atoms with E-state index in [0.29, 0.717) is 0 Å². The number of ether oxygens (including phenoxy) is 1. The van der Waals surface area contributed by atoms with Crippen molar-refractivity contribution in [3.05, 3.63) is 46.0 Å². The van der Waals surface area contributed by atoms with Crippen LogP contribution in [0.1, 0.15) is 57.8 Å². The highest BCUT2D eigenvalue weighted by molar-refractivity contribution is 7.07. The van der Waals surface area contributed by atoms with Crippen LogP contribution in [-0.2, 0) is 21.1 Å². The van der Waals surface area contributed by atoms with Gasteiger partial charge < -0.3 is 15.8 Å². The fraction of sp³-hybridized carbons (Fsp3) is 0.478. The molecule has 0 aliphatic heterocycles. The minimum absolute atomic E-state index is 0.00320. The molecule has 0 bridgehead atoms. The topological polar surface area (TPSA) is 116 Å². The molecule has 1 heterocycles. The zero-order chi connectivity index (χ0) is 24.8. The molecule has 0 saturated heterocycles. The molecule has 0 unspecified atom stereocenters. The van der Waals surface area contributed by atoms with E-state index in [9.17, 15) is 18.8 Å². The lowest BCUT2D eigenvalue weighted by Gasteiger charge is -2.17. The van der Waals surface area contributed by atoms with Gasteiger partial charge >= 0.3 is 5.97 Å². The van der Waals surface area contributed by atoms with Crippen molar-refractivity contribution in [3.8, 4) is 0 Å². The second-order valence-corrected chi connectivity index (χ2v) is 9.93. The molecule has 0 radical (unpaired) electrons. The Morgan fingerprint density at radius 2 is 2.00 bits per heavy atom. The van der Waals surface area contributed by atoms with Gasteiger partial charge in [0, 0.05) is 23.6 Å². The van der Waals surface area contributed by atoms with E-state index in [-0.39, 0.29) is 46.4 Å². The van der Waals surface area contributed by atoms with E-state index >= 15 is 0 Å². The van der Waals surface area contributed by atoms with Crippen molar-refractivity contribution in [3.63, 3.8) is 0 Å². The Bertz CT molecular complexity index is 1070. The van der Waals surface area contributed by atoms with Crippen LogP contribution in [0.2, 0.25) is 0 Å². The van der Waals surface area contributed by atoms with Gasteiger partial charge in [-0.25, -0.2) is 4.39 Å². The first-order valence-electron chi connectivity index (χ1n) is 10.7. The van der Waals surface area contributed by atoms with Crippen LogP contribution in [0.4, 0.5) is 10.1 Å². The van der Waals surface area contributed by atoms with Gasteiger partial charge in [0.2, 0.25) is 5.91 Å². The van der Waals surface area contributed by atoms with Crippen LogP contribution in [0.3, 0.4) is 0 Å². The highest BCUT2D eigenvalue weighted by Crippen LogP contribution is 2.21. The van der Waals surface area contributed by atoms with Crippen molar-refractivity contribution in [1.82, 2.24) is 4.57 Å². The number of amides is 2. The molecular formula is C23H31FN4O4S. The van der Waals surface area contributed by atoms with Crippen molar-refractivity contribution < 1.29 is 23.5 Å². The maximum Gasteiger partial charge on any atom is 0.324 e. The molecule has 2 rings (SSSR count). The number of thiazole rings is 1. The fourth-order valence-electron chi connectivity index (χ4n) is 2.78. The number of halogens is 1. The van der Waals surface area contributed by atoms with Gasteiger partial charge in [-0.2, -0.15) is 4.99 Å². The third-order valence-electron chi connectivity index (χ3n) is 4.91. The second-order valence-electron chi connectivity index (χ2n) is 9.06. The van der Waals surface area contributed by atoms with Crippen LogP contribution >= 0.6 is 11.3 Å². The molecule has 33 heavy (non-hydrogen) atoms. The summed E-state index contributed by atoms with van der Waals surface area (Å²) >= 11 is 1.17. The average Bonchev–Trinajstić information content (AvgIpc) is 3.17. The van der Waals surface area contributed by atoms with Crippen LogP contribution < -0.4 is 15.9 Å². The summed E-state index contributed by atoms with van der Waals surface area (Å²) in [7, 11) is 0. The molecule has 180 valence electrons. The Hall–Kier alpha value is -2.85. The molecule has 0 fully saturated rings. The third kappa shape index (κ3) is 7.90. The zero-order valence-electron chi connectivity index (χ0n) is 19.6. The first-order valence-corrected chi connectivity index (χ1v) is 11.5. The molecule has 2 aromatic rings. The quantitative estimate of drug-likeness (QED) is 0.562. The monoisotopic (exact) mass is 478 g/mol. The van der Waals surface area contributed by atoms with Crippen molar-refractivity contribution in [2.75, 3.05) is 5.32 Å². The number of anilines is 1. The van der Waals surface area contributed by atoms with Crippen molar-refractivity contribution in [2.45, 2.75) is 60.2 Å². The number of esters is 1. The molecule has 0 spiro atoms. The molecule has 0 aliphatic rings. The summed E-state index contributed by atoms with van der Waals surface area (Å²) in [5, 5.41) is 4.20. The predicted octanol–water partition coefficient (Wildman–Crippen LogP) is 3.68. The lowest BCUT2D eigenvalue weighted by Crippen LogP contribution is -2.38. The van der Waals surface area contributed by atoms with Crippen LogP contribution in [-0.4, -0.2) is 28.4 Å². The Morgan fingerprint density at radius 3 is 2.61 bits per heavy atom. The summed E-state index contributed by atoms with van der Waals surface area (Å²) in [5.41, 5.74) is 5.66. The van der Waals surface area contributed by atoms with Crippen LogP contribution in [0.5, 0.6) is 0 Å². The van der Waals surface area contributed by atoms with E-state index in [4.69, 9.17) is 10.5 Å². The number of carbonyl (C=O) groups is 3. The number of nitrogens with zero attached hydrogens (tertiary/aromatic N) is 2. The number of hydrogen-bond donors (Lipinski definition) is 2. The summed E-state index contributed by atoms with van der Waals surface area (Å²) in [6, 6.07) is 3.02. The molecule has 1 aromatic carbocycles. The predicted molar refractivity (Wildman–Crippen MR) is 125 cm³/mol. The minimum Gasteiger partial charge on any atom is -0.443 e. The number of nitrogens with two attached hydrogens (primary N) is 1. The van der Waals surface area contributed by atoms with E-state index in [1.54, 1.807) is 11.6 Å². The zero-order valence-corrected chi connectivity index (χ0v) is 20.4. The number of nitrogens with one attached hydrogen (secondary N) is 1. The van der Waals surface area contributed by atoms with Gasteiger partial charge in [0.1, 0.15) is 11.9 Å². The molecule has 8 nitrogen and oxygen atoms in total. The smallest absolute Gasteiger partial charge is 0.324 e. The molecule has 2 atom stereocenters. The van der Waals surface area contributed by atoms with Gasteiger partial charge in [-0.05, 0) is 29.5 Å². The van der Waals surface area contributed by atoms with Gasteiger partial charge in [0.05, 0.1) is 5.69 Å². The number of carbonyl (C=O) groups excluding carboxylic acids is 3. The first kappa shape index (κ1) is 26.4. The lowest BCUT2D eigenvalue weighted by atomic mass is 9.92. The lowest BCUT2D eigenvalue weighted by molar-refractivity contribution is -0.150. The van der Waals surface area contributed by atoms with E-state index in [0.717, 1.165) is 12.5 Å². The summed E-state index contributed by atoms with van der Waals surface area (Å²) in [5.74, 6) is -2.27. The Morgan fingerprint density at radius 1 is 1.30 bits per heavy atom. The van der Waals surface area contributed by atoms with Crippen LogP contribution in [0.25, 0.3) is 0 Å². The summed E-state index contributed by atoms with van der Waals surface area (Å²) < 4.78 is 21.2. The number of rotatable bonds is 8. The largest absolute Gasteiger partial charge is 0.443 e. The molecular weight excluding hydrogens is 447 g/mol. The van der Waals surface area contributed by atoms with Crippen molar-refractivity contribution >= 4 is 34.8 Å². The molecule has 0 aliphatic carbocycles. The van der Waals surface area contributed by atoms with E-state index in [2.05, 4.69) is 10.3 Å². The van der Waals surface area contributed by atoms with Gasteiger partial charge in [0.25, 0.3) is 5.91 Å². The van der Waals surface area contributed by atoms with Gasteiger partial charge in [-0.15, -0.1) is 11.3 Å². The fourth-order valence-corrected chi connectivity index (χ4v) is 3.49. The highest BCUT2D eigenvalue weighted by atomic mass is 32.1. The number of hydrogen-bond acceptors (Lipinski definition) is 6. The Kier molecular flexibility index (Phi) is 9.07. The standard InChI is InChI=1S/C23H31FN4O4S/c1-6-14(2)19(25)21(31)32-13-28-9-10-33-22(28)27-20(30)15-7-8-17(16(24)11-15)26-18(29)12-23(3,4)5/h7-11,14,19H,6,12-13,25H2,1-5H3,(H,26,29)/b27-22-/t14-,19-/m0/s1. The molecule has 2 amide bonds. The molecule has 0 saturated carbocycles. The second kappa shape index (κ2) is 11.3. The molecule has 10 heteroatoms. The van der Waals surface area contributed by atoms with Gasteiger partial charge in [-0.3, -0.25) is 19.0 Å². The SMILES string of the molecule is CC[C@H](C)[C@H](N)C(=O)OCn1ccs/c1=N\C(=O)c1ccc(NC(=O)CC(C)(C)C)c(F)c1. The minimum atomic E-state index is -0.735. The highest BCUT2D eigenvalue weighted by Gasteiger charge is 2.21. The number of benzene rings is 1. The normalized spacial score (nSPS) is 14.0. The molecule has 1 aromatic heterocycles. The summed E-state index contributed by atoms with van der Waals surface area (Å²) in [6.45, 7) is 9.37. The van der Waals surface area contributed by atoms with E-state index in [1.807, 2.05) is 34.6 Å². The van der Waals surface area contributed by atoms with Crippen LogP contribution in [0.15, 0.2) is 34.8 Å². The Balaban J connectivity index is 2.10. The summed E-state index contributed by atoms with van der Waals surface area (Å²) in [6.07, 6.45) is 2.59. The van der Waals surface area contributed by atoms with E-state index < -0.39 is 23.7 Å². The number of aromatic nitrogens is 1. The van der Waals surface area contributed by atoms with Crippen LogP contribution in [0, 0.1) is 17.2 Å². The first-order chi connectivity index (χ1) is 15.4. The van der Waals surface area contributed by atoms with Crippen molar-refractivity contribution in [1.29, 1.82) is 0 Å². The third-order valence-corrected chi connectivity index (χ3v) is 5.71. The average molecular weight is 479 g/mol. The van der Waals surface area contributed by atoms with Gasteiger partial charge in [0.15, 0.2) is 11.5 Å². The van der Waals surface area contributed by atoms with Crippen molar-refractivity contribution in [2.24, 2.45) is 22.1 Å². The maximum absolute atomic E-state index is 14.5. The Labute approximate surface area is 196 Å².